The summed E-state index contributed by atoms with van der Waals surface area (Å²) in [5.74, 6) is 0.838. The number of amides is 1. The van der Waals surface area contributed by atoms with Crippen LogP contribution in [0.25, 0.3) is 0 Å². The van der Waals surface area contributed by atoms with Crippen molar-refractivity contribution in [2.45, 2.75) is 20.4 Å². The molecule has 1 aliphatic heterocycles. The molecule has 7 nitrogen and oxygen atoms in total. The van der Waals surface area contributed by atoms with Gasteiger partial charge in [0.25, 0.3) is 0 Å². The number of piperazine rings is 1. The molecule has 7 heteroatoms. The monoisotopic (exact) mass is 370 g/mol. The molecule has 0 bridgehead atoms. The molecule has 0 N–H and O–H groups in total. The number of aromatic nitrogens is 2. The third-order valence-corrected chi connectivity index (χ3v) is 4.78. The van der Waals surface area contributed by atoms with Crippen LogP contribution in [-0.2, 0) is 11.3 Å². The number of ether oxygens (including phenoxy) is 1. The molecule has 1 saturated heterocycles. The first-order chi connectivity index (χ1) is 13.0. The van der Waals surface area contributed by atoms with Crippen LogP contribution >= 0.6 is 0 Å². The van der Waals surface area contributed by atoms with Crippen LogP contribution in [-0.4, -0.2) is 64.6 Å². The number of hydrogen-bond donors (Lipinski definition) is 0. The minimum absolute atomic E-state index is 0.0361. The Labute approximate surface area is 159 Å². The van der Waals surface area contributed by atoms with E-state index in [1.165, 1.54) is 4.57 Å². The van der Waals surface area contributed by atoms with Crippen molar-refractivity contribution >= 4 is 5.91 Å². The van der Waals surface area contributed by atoms with Crippen LogP contribution in [0.4, 0.5) is 0 Å². The van der Waals surface area contributed by atoms with Crippen LogP contribution in [0.2, 0.25) is 0 Å². The molecule has 0 radical (unpaired) electrons. The van der Waals surface area contributed by atoms with Crippen molar-refractivity contribution in [2.24, 2.45) is 0 Å². The molecule has 0 aliphatic carbocycles. The maximum Gasteiger partial charge on any atom is 0.348 e. The molecule has 1 fully saturated rings. The average molecular weight is 370 g/mol. The van der Waals surface area contributed by atoms with E-state index in [0.29, 0.717) is 25.4 Å². The first-order valence-electron chi connectivity index (χ1n) is 9.26. The van der Waals surface area contributed by atoms with E-state index in [4.69, 9.17) is 4.74 Å². The van der Waals surface area contributed by atoms with E-state index in [1.54, 1.807) is 6.92 Å². The second kappa shape index (κ2) is 8.81. The van der Waals surface area contributed by atoms with E-state index in [2.05, 4.69) is 9.88 Å². The summed E-state index contributed by atoms with van der Waals surface area (Å²) in [6.45, 7) is 8.06. The zero-order valence-electron chi connectivity index (χ0n) is 15.9. The molecule has 144 valence electrons. The highest BCUT2D eigenvalue weighted by Crippen LogP contribution is 2.09. The Morgan fingerprint density at radius 3 is 2.48 bits per heavy atom. The summed E-state index contributed by atoms with van der Waals surface area (Å²) in [5.41, 5.74) is 1.07. The number of carbonyl (C=O) groups is 1. The number of benzene rings is 1. The Hall–Kier alpha value is -2.67. The molecule has 2 heterocycles. The average Bonchev–Trinajstić information content (AvgIpc) is 2.66. The van der Waals surface area contributed by atoms with Crippen LogP contribution in [0.3, 0.4) is 0 Å². The lowest BCUT2D eigenvalue weighted by Gasteiger charge is -2.34. The molecule has 1 aromatic heterocycles. The Morgan fingerprint density at radius 2 is 1.81 bits per heavy atom. The van der Waals surface area contributed by atoms with Gasteiger partial charge in [-0.2, -0.15) is 4.98 Å². The largest absolute Gasteiger partial charge is 0.492 e. The second-order valence-electron chi connectivity index (χ2n) is 6.79. The van der Waals surface area contributed by atoms with E-state index in [9.17, 15) is 9.59 Å². The van der Waals surface area contributed by atoms with Gasteiger partial charge in [0.15, 0.2) is 0 Å². The second-order valence-corrected chi connectivity index (χ2v) is 6.79. The summed E-state index contributed by atoms with van der Waals surface area (Å²) in [6.07, 6.45) is 0. The van der Waals surface area contributed by atoms with Crippen LogP contribution < -0.4 is 10.4 Å². The smallest absolute Gasteiger partial charge is 0.348 e. The molecule has 0 atom stereocenters. The molecule has 1 aliphatic rings. The molecule has 0 saturated carbocycles. The van der Waals surface area contributed by atoms with E-state index in [0.717, 1.165) is 31.1 Å². The van der Waals surface area contributed by atoms with Crippen molar-refractivity contribution in [1.82, 2.24) is 19.4 Å². The quantitative estimate of drug-likeness (QED) is 0.761. The molecular weight excluding hydrogens is 344 g/mol. The van der Waals surface area contributed by atoms with Gasteiger partial charge in [-0.05, 0) is 32.0 Å². The fourth-order valence-corrected chi connectivity index (χ4v) is 3.23. The number of para-hydroxylation sites is 1. The molecule has 1 aromatic carbocycles. The predicted molar refractivity (Wildman–Crippen MR) is 103 cm³/mol. The van der Waals surface area contributed by atoms with Crippen LogP contribution in [0.1, 0.15) is 11.4 Å². The third-order valence-electron chi connectivity index (χ3n) is 4.78. The SMILES string of the molecule is Cc1cc(C)n(CC(=O)N2CCN(CCOc3ccccc3)CC2)c(=O)n1. The fraction of sp³-hybridized carbons (Fsp3) is 0.450. The maximum atomic E-state index is 12.6. The molecule has 1 amide bonds. The summed E-state index contributed by atoms with van der Waals surface area (Å²) in [5, 5.41) is 0. The summed E-state index contributed by atoms with van der Waals surface area (Å²) in [6, 6.07) is 11.6. The summed E-state index contributed by atoms with van der Waals surface area (Å²) < 4.78 is 7.17. The van der Waals surface area contributed by atoms with Crippen molar-refractivity contribution in [3.63, 3.8) is 0 Å². The van der Waals surface area contributed by atoms with Gasteiger partial charge in [-0.25, -0.2) is 4.79 Å². The van der Waals surface area contributed by atoms with E-state index >= 15 is 0 Å². The predicted octanol–water partition coefficient (Wildman–Crippen LogP) is 1.08. The molecule has 0 spiro atoms. The normalized spacial score (nSPS) is 15.0. The van der Waals surface area contributed by atoms with Gasteiger partial charge in [-0.15, -0.1) is 0 Å². The minimum atomic E-state index is -0.363. The van der Waals surface area contributed by atoms with Gasteiger partial charge in [0.05, 0.1) is 0 Å². The number of carbonyl (C=O) groups excluding carboxylic acids is 1. The van der Waals surface area contributed by atoms with Gasteiger partial charge >= 0.3 is 5.69 Å². The minimum Gasteiger partial charge on any atom is -0.492 e. The highest BCUT2D eigenvalue weighted by molar-refractivity contribution is 5.76. The zero-order chi connectivity index (χ0) is 19.2. The maximum absolute atomic E-state index is 12.6. The third kappa shape index (κ3) is 5.17. The number of aryl methyl sites for hydroxylation is 2. The van der Waals surface area contributed by atoms with Gasteiger partial charge in [-0.3, -0.25) is 14.3 Å². The topological polar surface area (TPSA) is 67.7 Å². The fourth-order valence-electron chi connectivity index (χ4n) is 3.23. The van der Waals surface area contributed by atoms with Crippen molar-refractivity contribution in [3.05, 3.63) is 58.3 Å². The van der Waals surface area contributed by atoms with E-state index < -0.39 is 0 Å². The number of nitrogens with zero attached hydrogens (tertiary/aromatic N) is 4. The van der Waals surface area contributed by atoms with Crippen molar-refractivity contribution in [2.75, 3.05) is 39.3 Å². The molecule has 2 aromatic rings. The first-order valence-corrected chi connectivity index (χ1v) is 9.26. The van der Waals surface area contributed by atoms with Crippen LogP contribution in [0, 0.1) is 13.8 Å². The van der Waals surface area contributed by atoms with Crippen molar-refractivity contribution in [3.8, 4) is 5.75 Å². The highest BCUT2D eigenvalue weighted by Gasteiger charge is 2.22. The van der Waals surface area contributed by atoms with Gasteiger partial charge in [0, 0.05) is 44.1 Å². The lowest BCUT2D eigenvalue weighted by atomic mass is 10.3. The first kappa shape index (κ1) is 19.1. The Bertz CT molecular complexity index is 827. The van der Waals surface area contributed by atoms with Crippen molar-refractivity contribution in [1.29, 1.82) is 0 Å². The molecular formula is C20H26N4O3. The molecule has 27 heavy (non-hydrogen) atoms. The van der Waals surface area contributed by atoms with Crippen LogP contribution in [0.15, 0.2) is 41.2 Å². The molecule has 3 rings (SSSR count). The lowest BCUT2D eigenvalue weighted by Crippen LogP contribution is -2.50. The zero-order valence-corrected chi connectivity index (χ0v) is 15.9. The van der Waals surface area contributed by atoms with Crippen LogP contribution in [0.5, 0.6) is 5.75 Å². The highest BCUT2D eigenvalue weighted by atomic mass is 16.5. The van der Waals surface area contributed by atoms with E-state index in [1.807, 2.05) is 48.2 Å². The number of hydrogen-bond acceptors (Lipinski definition) is 5. The Morgan fingerprint density at radius 1 is 1.11 bits per heavy atom. The number of rotatable bonds is 6. The standard InChI is InChI=1S/C20H26N4O3/c1-16-14-17(2)24(20(26)21-16)15-19(25)23-10-8-22(9-11-23)12-13-27-18-6-4-3-5-7-18/h3-7,14H,8-13,15H2,1-2H3. The van der Waals surface area contributed by atoms with Crippen molar-refractivity contribution < 1.29 is 9.53 Å². The Kier molecular flexibility index (Phi) is 6.24. The Balaban J connectivity index is 1.45. The van der Waals surface area contributed by atoms with E-state index in [-0.39, 0.29) is 18.1 Å². The van der Waals surface area contributed by atoms with Gasteiger partial charge in [0.2, 0.25) is 5.91 Å². The summed E-state index contributed by atoms with van der Waals surface area (Å²) >= 11 is 0. The van der Waals surface area contributed by atoms with Gasteiger partial charge < -0.3 is 9.64 Å². The van der Waals surface area contributed by atoms with Gasteiger partial charge in [-0.1, -0.05) is 18.2 Å². The summed E-state index contributed by atoms with van der Waals surface area (Å²) in [7, 11) is 0. The lowest BCUT2D eigenvalue weighted by molar-refractivity contribution is -0.133. The summed E-state index contributed by atoms with van der Waals surface area (Å²) in [4.78, 5) is 32.6. The van der Waals surface area contributed by atoms with Gasteiger partial charge in [0.1, 0.15) is 18.9 Å². The molecule has 0 unspecified atom stereocenters.